The molecule has 0 radical (unpaired) electrons. The number of piperidine rings is 2. The van der Waals surface area contributed by atoms with E-state index in [9.17, 15) is 15.0 Å². The lowest BCUT2D eigenvalue weighted by Gasteiger charge is -2.43. The van der Waals surface area contributed by atoms with E-state index >= 15 is 0 Å². The first-order valence-electron chi connectivity index (χ1n) is 12.8. The Hall–Kier alpha value is -2.67. The van der Waals surface area contributed by atoms with Crippen molar-refractivity contribution < 1.29 is 19.7 Å². The van der Waals surface area contributed by atoms with Crippen LogP contribution in [0.5, 0.6) is 0 Å². The second kappa shape index (κ2) is 11.8. The fraction of sp³-hybridized carbons (Fsp3) is 0.483. The van der Waals surface area contributed by atoms with Crippen molar-refractivity contribution in [3.63, 3.8) is 0 Å². The van der Waals surface area contributed by atoms with Gasteiger partial charge in [-0.1, -0.05) is 66.7 Å². The first kappa shape index (κ1) is 25.4. The van der Waals surface area contributed by atoms with Crippen molar-refractivity contribution in [2.45, 2.75) is 50.9 Å². The highest BCUT2D eigenvalue weighted by Gasteiger charge is 2.41. The summed E-state index contributed by atoms with van der Waals surface area (Å²) in [6.07, 6.45) is 3.80. The normalized spacial score (nSPS) is 20.4. The van der Waals surface area contributed by atoms with Crippen molar-refractivity contribution in [2.24, 2.45) is 5.92 Å². The van der Waals surface area contributed by atoms with Crippen LogP contribution in [0.4, 0.5) is 4.79 Å². The fourth-order valence-electron chi connectivity index (χ4n) is 5.33. The van der Waals surface area contributed by atoms with Gasteiger partial charge in [-0.25, -0.2) is 4.79 Å². The molecule has 0 bridgehead atoms. The first-order valence-corrected chi connectivity index (χ1v) is 12.8. The van der Waals surface area contributed by atoms with Gasteiger partial charge < -0.3 is 24.7 Å². The lowest BCUT2D eigenvalue weighted by molar-refractivity contribution is -0.116. The van der Waals surface area contributed by atoms with Crippen molar-refractivity contribution in [3.8, 4) is 0 Å². The van der Waals surface area contributed by atoms with Crippen LogP contribution in [0.25, 0.3) is 5.57 Å². The number of allylic oxidation sites excluding steroid dienone is 2. The molecule has 0 spiro atoms. The minimum atomic E-state index is -1.18. The van der Waals surface area contributed by atoms with Crippen LogP contribution in [0.15, 0.2) is 66.7 Å². The zero-order valence-electron chi connectivity index (χ0n) is 20.7. The van der Waals surface area contributed by atoms with Gasteiger partial charge in [-0.05, 0) is 68.3 Å². The van der Waals surface area contributed by atoms with Crippen molar-refractivity contribution in [1.29, 1.82) is 0 Å². The SMILES string of the molecule is C/C=C(\c1ccccc1)C1CCN(CC(O)C2(O)CCN(C(=O)OCc3ccccc3)CC2)CC1. The summed E-state index contributed by atoms with van der Waals surface area (Å²) in [5, 5.41) is 22.1. The summed E-state index contributed by atoms with van der Waals surface area (Å²) >= 11 is 0. The van der Waals surface area contributed by atoms with Crippen LogP contribution < -0.4 is 0 Å². The minimum absolute atomic E-state index is 0.234. The molecule has 4 rings (SSSR count). The summed E-state index contributed by atoms with van der Waals surface area (Å²) in [4.78, 5) is 16.3. The Balaban J connectivity index is 1.22. The van der Waals surface area contributed by atoms with E-state index in [2.05, 4.69) is 42.2 Å². The van der Waals surface area contributed by atoms with Crippen molar-refractivity contribution in [2.75, 3.05) is 32.7 Å². The number of aliphatic hydroxyl groups is 2. The molecular formula is C29H38N2O4. The second-order valence-electron chi connectivity index (χ2n) is 9.83. The summed E-state index contributed by atoms with van der Waals surface area (Å²) in [7, 11) is 0. The molecule has 2 N–H and O–H groups in total. The van der Waals surface area contributed by atoms with Crippen LogP contribution >= 0.6 is 0 Å². The minimum Gasteiger partial charge on any atom is -0.445 e. The van der Waals surface area contributed by atoms with Crippen LogP contribution in [-0.4, -0.2) is 70.5 Å². The van der Waals surface area contributed by atoms with E-state index in [0.29, 0.717) is 38.4 Å². The fourth-order valence-corrected chi connectivity index (χ4v) is 5.33. The highest BCUT2D eigenvalue weighted by molar-refractivity contribution is 5.68. The molecule has 2 fully saturated rings. The third kappa shape index (κ3) is 6.51. The number of carbonyl (C=O) groups excluding carboxylic acids is 1. The van der Waals surface area contributed by atoms with Gasteiger partial charge in [-0.3, -0.25) is 0 Å². The number of aliphatic hydroxyl groups excluding tert-OH is 1. The Bertz CT molecular complexity index is 963. The van der Waals surface area contributed by atoms with Crippen LogP contribution in [-0.2, 0) is 11.3 Å². The summed E-state index contributed by atoms with van der Waals surface area (Å²) < 4.78 is 5.42. The number of ether oxygens (including phenoxy) is 1. The van der Waals surface area contributed by atoms with Gasteiger partial charge in [0.2, 0.25) is 0 Å². The highest BCUT2D eigenvalue weighted by atomic mass is 16.6. The predicted molar refractivity (Wildman–Crippen MR) is 138 cm³/mol. The Labute approximate surface area is 208 Å². The Morgan fingerprint density at radius 3 is 2.23 bits per heavy atom. The van der Waals surface area contributed by atoms with Gasteiger partial charge in [0.25, 0.3) is 0 Å². The maximum Gasteiger partial charge on any atom is 0.410 e. The largest absolute Gasteiger partial charge is 0.445 e. The quantitative estimate of drug-likeness (QED) is 0.620. The van der Waals surface area contributed by atoms with Crippen molar-refractivity contribution >= 4 is 11.7 Å². The smallest absolute Gasteiger partial charge is 0.410 e. The van der Waals surface area contributed by atoms with E-state index < -0.39 is 11.7 Å². The van der Waals surface area contributed by atoms with E-state index in [1.807, 2.05) is 36.4 Å². The number of benzene rings is 2. The maximum atomic E-state index is 12.4. The second-order valence-corrected chi connectivity index (χ2v) is 9.83. The number of amides is 1. The van der Waals surface area contributed by atoms with E-state index in [-0.39, 0.29) is 12.7 Å². The molecular weight excluding hydrogens is 440 g/mol. The molecule has 188 valence electrons. The number of β-amino-alcohol motifs (C(OH)–C–C–N with tert-alkyl or cyclic N) is 1. The average Bonchev–Trinajstić information content (AvgIpc) is 2.90. The highest BCUT2D eigenvalue weighted by Crippen LogP contribution is 2.33. The van der Waals surface area contributed by atoms with Gasteiger partial charge in [0, 0.05) is 19.6 Å². The zero-order valence-corrected chi connectivity index (χ0v) is 20.7. The topological polar surface area (TPSA) is 73.2 Å². The first-order chi connectivity index (χ1) is 17.0. The van der Waals surface area contributed by atoms with Crippen LogP contribution in [0.1, 0.15) is 43.7 Å². The summed E-state index contributed by atoms with van der Waals surface area (Å²) in [6, 6.07) is 20.1. The predicted octanol–water partition coefficient (Wildman–Crippen LogP) is 4.33. The summed E-state index contributed by atoms with van der Waals surface area (Å²) in [5.74, 6) is 0.518. The van der Waals surface area contributed by atoms with Gasteiger partial charge in [0.1, 0.15) is 6.61 Å². The number of hydrogen-bond acceptors (Lipinski definition) is 5. The molecule has 2 aromatic rings. The molecule has 1 unspecified atom stereocenters. The van der Waals surface area contributed by atoms with E-state index in [4.69, 9.17) is 4.74 Å². The van der Waals surface area contributed by atoms with Crippen LogP contribution in [0, 0.1) is 5.92 Å². The monoisotopic (exact) mass is 478 g/mol. The van der Waals surface area contributed by atoms with Crippen LogP contribution in [0.2, 0.25) is 0 Å². The number of rotatable bonds is 7. The Morgan fingerprint density at radius 1 is 1.03 bits per heavy atom. The maximum absolute atomic E-state index is 12.4. The number of likely N-dealkylation sites (tertiary alicyclic amines) is 2. The van der Waals surface area contributed by atoms with Gasteiger partial charge in [0.15, 0.2) is 0 Å². The van der Waals surface area contributed by atoms with Crippen molar-refractivity contribution in [1.82, 2.24) is 9.80 Å². The third-order valence-corrected chi connectivity index (χ3v) is 7.59. The Morgan fingerprint density at radius 2 is 1.63 bits per heavy atom. The van der Waals surface area contributed by atoms with Gasteiger partial charge in [-0.15, -0.1) is 0 Å². The summed E-state index contributed by atoms with van der Waals surface area (Å²) in [5.41, 5.74) is 2.46. The molecule has 6 nitrogen and oxygen atoms in total. The van der Waals surface area contributed by atoms with Crippen molar-refractivity contribution in [3.05, 3.63) is 77.9 Å². The molecule has 0 aliphatic carbocycles. The molecule has 2 aliphatic rings. The Kier molecular flexibility index (Phi) is 8.60. The molecule has 2 saturated heterocycles. The average molecular weight is 479 g/mol. The number of hydrogen-bond donors (Lipinski definition) is 2. The van der Waals surface area contributed by atoms with Gasteiger partial charge in [0.05, 0.1) is 11.7 Å². The third-order valence-electron chi connectivity index (χ3n) is 7.59. The van der Waals surface area contributed by atoms with Crippen LogP contribution in [0.3, 0.4) is 0 Å². The lowest BCUT2D eigenvalue weighted by Crippen LogP contribution is -2.56. The standard InChI is InChI=1S/C29H38N2O4/c1-2-26(24-11-7-4-8-12-24)25-13-17-30(18-14-25)21-27(32)29(34)15-19-31(20-16-29)28(33)35-22-23-9-5-3-6-10-23/h2-12,25,27,32,34H,13-22H2,1H3/b26-2+. The molecule has 2 aromatic carbocycles. The number of carbonyl (C=O) groups is 1. The lowest BCUT2D eigenvalue weighted by atomic mass is 9.83. The van der Waals surface area contributed by atoms with E-state index in [1.54, 1.807) is 4.90 Å². The van der Waals surface area contributed by atoms with Gasteiger partial charge in [-0.2, -0.15) is 0 Å². The molecule has 1 atom stereocenters. The molecule has 35 heavy (non-hydrogen) atoms. The molecule has 0 aromatic heterocycles. The summed E-state index contributed by atoms with van der Waals surface area (Å²) in [6.45, 7) is 5.37. The zero-order chi connectivity index (χ0) is 24.7. The molecule has 1 amide bonds. The van der Waals surface area contributed by atoms with E-state index in [0.717, 1.165) is 31.5 Å². The van der Waals surface area contributed by atoms with Gasteiger partial charge >= 0.3 is 6.09 Å². The molecule has 2 heterocycles. The number of nitrogens with zero attached hydrogens (tertiary/aromatic N) is 2. The molecule has 0 saturated carbocycles. The molecule has 6 heteroatoms. The van der Waals surface area contributed by atoms with E-state index in [1.165, 1.54) is 11.1 Å². The molecule has 2 aliphatic heterocycles.